The number of imide groups is 1. The Kier molecular flexibility index (Phi) is 5.32. The Labute approximate surface area is 209 Å². The third kappa shape index (κ3) is 3.27. The van der Waals surface area contributed by atoms with E-state index in [-0.39, 0.29) is 42.3 Å². The average molecular weight is 492 g/mol. The predicted molar refractivity (Wildman–Crippen MR) is 129 cm³/mol. The van der Waals surface area contributed by atoms with Crippen LogP contribution in [0.25, 0.3) is 0 Å². The molecule has 188 valence electrons. The molecule has 3 atom stereocenters. The molecule has 6 rings (SSSR count). The predicted octanol–water partition coefficient (Wildman–Crippen LogP) is 2.63. The largest absolute Gasteiger partial charge is 0.384 e. The smallest absolute Gasteiger partial charge is 0.255 e. The molecule has 2 saturated heterocycles. The van der Waals surface area contributed by atoms with Gasteiger partial charge in [-0.05, 0) is 42.9 Å². The van der Waals surface area contributed by atoms with Crippen LogP contribution < -0.4 is 5.32 Å². The van der Waals surface area contributed by atoms with E-state index in [2.05, 4.69) is 22.3 Å². The summed E-state index contributed by atoms with van der Waals surface area (Å²) < 4.78 is 16.2. The molecular weight excluding hydrogens is 461 g/mol. The monoisotopic (exact) mass is 491 g/mol. The third-order valence-electron chi connectivity index (χ3n) is 8.92. The summed E-state index contributed by atoms with van der Waals surface area (Å²) in [5.41, 5.74) is 0.894. The van der Waals surface area contributed by atoms with E-state index in [1.807, 2.05) is 25.1 Å². The van der Waals surface area contributed by atoms with Crippen LogP contribution in [-0.2, 0) is 34.7 Å². The lowest BCUT2D eigenvalue weighted by molar-refractivity contribution is -0.137. The molecule has 2 fully saturated rings. The molecule has 0 bridgehead atoms. The zero-order valence-electron chi connectivity index (χ0n) is 20.3. The molecule has 1 aliphatic carbocycles. The Hall–Kier alpha value is -3.10. The first-order valence-corrected chi connectivity index (χ1v) is 12.7. The number of carbonyl (C=O) groups excluding carboxylic acids is 3. The second kappa shape index (κ2) is 8.21. The molecule has 0 aromatic heterocycles. The van der Waals surface area contributed by atoms with Crippen molar-refractivity contribution in [3.63, 3.8) is 0 Å². The van der Waals surface area contributed by atoms with Crippen LogP contribution >= 0.6 is 0 Å². The minimum absolute atomic E-state index is 0.0328. The molecule has 3 unspecified atom stereocenters. The van der Waals surface area contributed by atoms with Crippen LogP contribution in [0.5, 0.6) is 0 Å². The van der Waals surface area contributed by atoms with Gasteiger partial charge >= 0.3 is 0 Å². The normalized spacial score (nSPS) is 29.7. The van der Waals surface area contributed by atoms with E-state index >= 15 is 4.39 Å². The highest BCUT2D eigenvalue weighted by Gasteiger charge is 2.60. The number of benzene rings is 2. The molecule has 7 nitrogen and oxygen atoms in total. The fourth-order valence-electron chi connectivity index (χ4n) is 6.99. The van der Waals surface area contributed by atoms with Crippen LogP contribution in [0.2, 0.25) is 0 Å². The first kappa shape index (κ1) is 23.3. The van der Waals surface area contributed by atoms with Gasteiger partial charge < -0.3 is 10.0 Å². The summed E-state index contributed by atoms with van der Waals surface area (Å²) in [5.74, 6) is -1.78. The molecule has 8 heteroatoms. The number of nitrogens with zero attached hydrogens (tertiary/aromatic N) is 2. The Balaban J connectivity index is 1.32. The molecule has 3 heterocycles. The van der Waals surface area contributed by atoms with E-state index in [0.29, 0.717) is 43.5 Å². The lowest BCUT2D eigenvalue weighted by Crippen LogP contribution is -2.56. The number of piperidine rings is 2. The maximum Gasteiger partial charge on any atom is 0.255 e. The zero-order chi connectivity index (χ0) is 25.2. The van der Waals surface area contributed by atoms with E-state index in [0.717, 1.165) is 6.54 Å². The molecule has 2 aromatic rings. The van der Waals surface area contributed by atoms with Gasteiger partial charge in [0.1, 0.15) is 17.5 Å². The number of carbonyl (C=O) groups is 3. The van der Waals surface area contributed by atoms with E-state index in [4.69, 9.17) is 0 Å². The van der Waals surface area contributed by atoms with Crippen molar-refractivity contribution in [2.45, 2.75) is 63.8 Å². The number of fused-ring (bicyclic) bond motifs is 4. The van der Waals surface area contributed by atoms with E-state index in [9.17, 15) is 19.5 Å². The van der Waals surface area contributed by atoms with E-state index < -0.39 is 28.8 Å². The average Bonchev–Trinajstić information content (AvgIpc) is 3.32. The van der Waals surface area contributed by atoms with Gasteiger partial charge in [-0.15, -0.1) is 0 Å². The van der Waals surface area contributed by atoms with Crippen molar-refractivity contribution in [3.8, 4) is 0 Å². The molecule has 3 amide bonds. The summed E-state index contributed by atoms with van der Waals surface area (Å²) >= 11 is 0. The minimum Gasteiger partial charge on any atom is -0.384 e. The number of likely N-dealkylation sites (tertiary alicyclic amines) is 1. The fraction of sp³-hybridized carbons (Fsp3) is 0.464. The maximum absolute atomic E-state index is 16.2. The van der Waals surface area contributed by atoms with Crippen molar-refractivity contribution < 1.29 is 23.9 Å². The fourth-order valence-corrected chi connectivity index (χ4v) is 6.99. The molecule has 0 spiro atoms. The molecule has 36 heavy (non-hydrogen) atoms. The first-order chi connectivity index (χ1) is 17.3. The highest BCUT2D eigenvalue weighted by molar-refractivity contribution is 6.05. The van der Waals surface area contributed by atoms with Crippen molar-refractivity contribution in [2.24, 2.45) is 5.41 Å². The van der Waals surface area contributed by atoms with Crippen molar-refractivity contribution in [2.75, 3.05) is 13.1 Å². The number of hydrogen-bond acceptors (Lipinski definition) is 5. The molecule has 2 aromatic carbocycles. The minimum atomic E-state index is -1.31. The quantitative estimate of drug-likeness (QED) is 0.642. The Bertz CT molecular complexity index is 1280. The topological polar surface area (TPSA) is 89.9 Å². The van der Waals surface area contributed by atoms with Crippen molar-refractivity contribution in [1.82, 2.24) is 15.1 Å². The van der Waals surface area contributed by atoms with Crippen molar-refractivity contribution in [3.05, 3.63) is 70.0 Å². The second-order valence-electron chi connectivity index (χ2n) is 10.8. The van der Waals surface area contributed by atoms with Crippen LogP contribution in [0.3, 0.4) is 0 Å². The van der Waals surface area contributed by atoms with Crippen LogP contribution in [0.15, 0.2) is 36.4 Å². The molecule has 0 radical (unpaired) electrons. The molecule has 3 aliphatic heterocycles. The number of nitrogens with one attached hydrogen (secondary N) is 1. The van der Waals surface area contributed by atoms with Gasteiger partial charge in [-0.2, -0.15) is 0 Å². The van der Waals surface area contributed by atoms with Gasteiger partial charge in [-0.3, -0.25) is 24.6 Å². The number of aliphatic hydroxyl groups is 1. The Morgan fingerprint density at radius 1 is 1.19 bits per heavy atom. The van der Waals surface area contributed by atoms with Gasteiger partial charge in [0.2, 0.25) is 11.8 Å². The van der Waals surface area contributed by atoms with Crippen molar-refractivity contribution in [1.29, 1.82) is 0 Å². The standard InChI is InChI=1S/C28H30FN3O4/c1-2-27-13-18-12-19-20(15-32(26(19)35)21-8-9-22(33)30-25(21)34)24(29)23(18)28(27,36)10-11-31(16-27)14-17-6-4-3-5-7-17/h3-7,12,21,36H,2,8-11,13-16H2,1H3,(H,30,33,34). The summed E-state index contributed by atoms with van der Waals surface area (Å²) in [6, 6.07) is 11.2. The van der Waals surface area contributed by atoms with E-state index in [1.165, 1.54) is 10.5 Å². The highest BCUT2D eigenvalue weighted by Crippen LogP contribution is 2.58. The van der Waals surface area contributed by atoms with Gasteiger partial charge in [-0.25, -0.2) is 4.39 Å². The lowest BCUT2D eigenvalue weighted by Gasteiger charge is -2.50. The summed E-state index contributed by atoms with van der Waals surface area (Å²) in [7, 11) is 0. The van der Waals surface area contributed by atoms with Gasteiger partial charge in [0.15, 0.2) is 0 Å². The van der Waals surface area contributed by atoms with E-state index in [1.54, 1.807) is 6.07 Å². The number of halogens is 1. The Morgan fingerprint density at radius 2 is 1.97 bits per heavy atom. The van der Waals surface area contributed by atoms with Crippen LogP contribution in [0.1, 0.15) is 65.2 Å². The van der Waals surface area contributed by atoms with Crippen molar-refractivity contribution >= 4 is 17.7 Å². The lowest BCUT2D eigenvalue weighted by atomic mass is 9.66. The Morgan fingerprint density at radius 3 is 2.69 bits per heavy atom. The number of amides is 3. The van der Waals surface area contributed by atoms with Gasteiger partial charge in [0.25, 0.3) is 5.91 Å². The number of hydrogen-bond donors (Lipinski definition) is 2. The SMILES string of the molecule is CCC12Cc3cc4c(c(F)c3C1(O)CCN(Cc1ccccc1)C2)CN(C1CCC(=O)NC1=O)C4=O. The van der Waals surface area contributed by atoms with Gasteiger partial charge in [0.05, 0.1) is 6.54 Å². The molecular formula is C28H30FN3O4. The van der Waals surface area contributed by atoms with Crippen LogP contribution in [0, 0.1) is 11.2 Å². The number of rotatable bonds is 4. The zero-order valence-corrected chi connectivity index (χ0v) is 20.3. The van der Waals surface area contributed by atoms with Crippen LogP contribution in [0.4, 0.5) is 4.39 Å². The highest BCUT2D eigenvalue weighted by atomic mass is 19.1. The molecule has 2 N–H and O–H groups in total. The third-order valence-corrected chi connectivity index (χ3v) is 8.92. The van der Waals surface area contributed by atoms with Crippen LogP contribution in [-0.4, -0.2) is 51.8 Å². The molecule has 0 saturated carbocycles. The summed E-state index contributed by atoms with van der Waals surface area (Å²) in [6.07, 6.45) is 1.97. The van der Waals surface area contributed by atoms with Gasteiger partial charge in [-0.1, -0.05) is 37.3 Å². The first-order valence-electron chi connectivity index (χ1n) is 12.7. The second-order valence-corrected chi connectivity index (χ2v) is 10.8. The molecule has 4 aliphatic rings. The summed E-state index contributed by atoms with van der Waals surface area (Å²) in [6.45, 7) is 4.07. The van der Waals surface area contributed by atoms with Gasteiger partial charge in [0, 0.05) is 48.2 Å². The summed E-state index contributed by atoms with van der Waals surface area (Å²) in [4.78, 5) is 40.9. The summed E-state index contributed by atoms with van der Waals surface area (Å²) in [5, 5.41) is 14.4. The maximum atomic E-state index is 16.2.